The summed E-state index contributed by atoms with van der Waals surface area (Å²) >= 11 is 0. The van der Waals surface area contributed by atoms with E-state index in [1.54, 1.807) is 12.1 Å². The fourth-order valence-corrected chi connectivity index (χ4v) is 3.92. The Morgan fingerprint density at radius 3 is 2.33 bits per heavy atom. The van der Waals surface area contributed by atoms with Crippen molar-refractivity contribution in [2.45, 2.75) is 84.2 Å². The van der Waals surface area contributed by atoms with Gasteiger partial charge >= 0.3 is 0 Å². The van der Waals surface area contributed by atoms with E-state index in [0.29, 0.717) is 12.3 Å². The van der Waals surface area contributed by atoms with Gasteiger partial charge in [0.1, 0.15) is 5.82 Å². The molecule has 0 fully saturated rings. The van der Waals surface area contributed by atoms with Crippen LogP contribution in [0.5, 0.6) is 0 Å². The number of rotatable bonds is 14. The van der Waals surface area contributed by atoms with E-state index in [1.807, 2.05) is 18.2 Å². The van der Waals surface area contributed by atoms with Gasteiger partial charge in [-0.1, -0.05) is 76.8 Å². The van der Waals surface area contributed by atoms with Gasteiger partial charge in [-0.3, -0.25) is 4.79 Å². The third-order valence-corrected chi connectivity index (χ3v) is 5.62. The van der Waals surface area contributed by atoms with E-state index in [-0.39, 0.29) is 5.91 Å². The lowest BCUT2D eigenvalue weighted by molar-refractivity contribution is 0.0921. The summed E-state index contributed by atoms with van der Waals surface area (Å²) in [5, 5.41) is 2.93. The van der Waals surface area contributed by atoms with Crippen molar-refractivity contribution in [2.24, 2.45) is 0 Å². The van der Waals surface area contributed by atoms with Crippen LogP contribution in [0.15, 0.2) is 47.1 Å². The first-order valence-electron chi connectivity index (χ1n) is 11.6. The summed E-state index contributed by atoms with van der Waals surface area (Å²) in [5.74, 6) is 1.01. The van der Waals surface area contributed by atoms with Crippen LogP contribution in [-0.4, -0.2) is 15.5 Å². The zero-order valence-corrected chi connectivity index (χ0v) is 18.2. The molecule has 5 heteroatoms. The van der Waals surface area contributed by atoms with Crippen molar-refractivity contribution >= 4 is 16.9 Å². The van der Waals surface area contributed by atoms with E-state index in [2.05, 4.69) is 22.9 Å². The molecule has 1 N–H and O–H groups in total. The van der Waals surface area contributed by atoms with Gasteiger partial charge in [-0.15, -0.1) is 0 Å². The monoisotopic (exact) mass is 409 g/mol. The normalized spacial score (nSPS) is 11.2. The molecule has 5 nitrogen and oxygen atoms in total. The quantitative estimate of drug-likeness (QED) is 0.310. The standard InChI is InChI=1S/C25H35N3O2/c1-2-3-4-5-6-7-8-9-10-13-18-28-22-16-12-11-15-21(22)27-24(28)20-26-25(29)23-17-14-19-30-23/h11-12,14-17,19H,2-10,13,18,20H2,1H3,(H,26,29). The molecular weight excluding hydrogens is 374 g/mol. The number of furan rings is 1. The van der Waals surface area contributed by atoms with E-state index in [4.69, 9.17) is 9.40 Å². The first kappa shape index (κ1) is 22.1. The van der Waals surface area contributed by atoms with E-state index >= 15 is 0 Å². The van der Waals surface area contributed by atoms with Crippen LogP contribution in [0.1, 0.15) is 87.5 Å². The van der Waals surface area contributed by atoms with E-state index in [1.165, 1.54) is 64.1 Å². The van der Waals surface area contributed by atoms with Crippen LogP contribution in [0.2, 0.25) is 0 Å². The summed E-state index contributed by atoms with van der Waals surface area (Å²) < 4.78 is 7.43. The smallest absolute Gasteiger partial charge is 0.287 e. The van der Waals surface area contributed by atoms with Gasteiger partial charge in [0.25, 0.3) is 5.91 Å². The van der Waals surface area contributed by atoms with Crippen LogP contribution in [-0.2, 0) is 13.1 Å². The topological polar surface area (TPSA) is 60.1 Å². The molecule has 0 unspecified atom stereocenters. The third-order valence-electron chi connectivity index (χ3n) is 5.62. The fraction of sp³-hybridized carbons (Fsp3) is 0.520. The minimum Gasteiger partial charge on any atom is -0.459 e. The number of nitrogens with one attached hydrogen (secondary N) is 1. The predicted octanol–water partition coefficient (Wildman–Crippen LogP) is 6.48. The van der Waals surface area contributed by atoms with Crippen LogP contribution < -0.4 is 5.32 Å². The first-order valence-corrected chi connectivity index (χ1v) is 11.6. The number of amides is 1. The van der Waals surface area contributed by atoms with Gasteiger partial charge in [0.05, 0.1) is 23.8 Å². The summed E-state index contributed by atoms with van der Waals surface area (Å²) in [6.07, 6.45) is 14.7. The molecular formula is C25H35N3O2. The highest BCUT2D eigenvalue weighted by atomic mass is 16.3. The van der Waals surface area contributed by atoms with Crippen LogP contribution in [0.4, 0.5) is 0 Å². The maximum Gasteiger partial charge on any atom is 0.287 e. The second-order valence-electron chi connectivity index (χ2n) is 8.01. The molecule has 3 rings (SSSR count). The van der Waals surface area contributed by atoms with E-state index in [0.717, 1.165) is 29.8 Å². The molecule has 0 aliphatic rings. The zero-order valence-electron chi connectivity index (χ0n) is 18.2. The van der Waals surface area contributed by atoms with Gasteiger partial charge in [0.2, 0.25) is 0 Å². The SMILES string of the molecule is CCCCCCCCCCCCn1c(CNC(=O)c2ccco2)nc2ccccc21. The van der Waals surface area contributed by atoms with Crippen molar-refractivity contribution in [3.8, 4) is 0 Å². The summed E-state index contributed by atoms with van der Waals surface area (Å²) in [6, 6.07) is 11.6. The van der Waals surface area contributed by atoms with Crippen LogP contribution in [0.25, 0.3) is 11.0 Å². The van der Waals surface area contributed by atoms with Crippen LogP contribution in [0, 0.1) is 0 Å². The molecule has 0 saturated heterocycles. The molecule has 2 heterocycles. The highest BCUT2D eigenvalue weighted by Gasteiger charge is 2.13. The van der Waals surface area contributed by atoms with Crippen molar-refractivity contribution in [3.05, 3.63) is 54.2 Å². The summed E-state index contributed by atoms with van der Waals surface area (Å²) in [5.41, 5.74) is 2.11. The van der Waals surface area contributed by atoms with Gasteiger partial charge in [0, 0.05) is 6.54 Å². The molecule has 162 valence electrons. The van der Waals surface area contributed by atoms with Crippen LogP contribution in [0.3, 0.4) is 0 Å². The molecule has 2 aromatic heterocycles. The lowest BCUT2D eigenvalue weighted by Crippen LogP contribution is -2.24. The molecule has 0 aliphatic carbocycles. The Morgan fingerprint density at radius 2 is 1.63 bits per heavy atom. The summed E-state index contributed by atoms with van der Waals surface area (Å²) in [7, 11) is 0. The molecule has 30 heavy (non-hydrogen) atoms. The number of benzene rings is 1. The molecule has 1 amide bonds. The Bertz CT molecular complexity index is 883. The number of aryl methyl sites for hydroxylation is 1. The molecule has 0 saturated carbocycles. The Labute approximate surface area is 179 Å². The molecule has 0 aliphatic heterocycles. The van der Waals surface area contributed by atoms with Gasteiger partial charge < -0.3 is 14.3 Å². The van der Waals surface area contributed by atoms with Gasteiger partial charge in [-0.05, 0) is 30.7 Å². The Balaban J connectivity index is 1.47. The average Bonchev–Trinajstić information content (AvgIpc) is 3.42. The molecule has 0 bridgehead atoms. The second kappa shape index (κ2) is 12.2. The van der Waals surface area contributed by atoms with Gasteiger partial charge in [-0.25, -0.2) is 4.98 Å². The van der Waals surface area contributed by atoms with E-state index in [9.17, 15) is 4.79 Å². The number of hydrogen-bond acceptors (Lipinski definition) is 3. The molecule has 0 spiro atoms. The number of unbranched alkanes of at least 4 members (excludes halogenated alkanes) is 9. The maximum absolute atomic E-state index is 12.2. The summed E-state index contributed by atoms with van der Waals surface area (Å²) in [4.78, 5) is 17.0. The molecule has 3 aromatic rings. The number of hydrogen-bond donors (Lipinski definition) is 1. The highest BCUT2D eigenvalue weighted by Crippen LogP contribution is 2.18. The predicted molar refractivity (Wildman–Crippen MR) is 121 cm³/mol. The highest BCUT2D eigenvalue weighted by molar-refractivity contribution is 5.91. The number of para-hydroxylation sites is 2. The summed E-state index contributed by atoms with van der Waals surface area (Å²) in [6.45, 7) is 3.59. The molecule has 0 atom stereocenters. The molecule has 0 radical (unpaired) electrons. The van der Waals surface area contributed by atoms with E-state index < -0.39 is 0 Å². The number of imidazole rings is 1. The number of carbonyl (C=O) groups excluding carboxylic acids is 1. The average molecular weight is 410 g/mol. The Hall–Kier alpha value is -2.56. The van der Waals surface area contributed by atoms with Crippen molar-refractivity contribution in [1.82, 2.24) is 14.9 Å². The number of fused-ring (bicyclic) bond motifs is 1. The number of aromatic nitrogens is 2. The lowest BCUT2D eigenvalue weighted by Gasteiger charge is -2.10. The van der Waals surface area contributed by atoms with Crippen molar-refractivity contribution in [1.29, 1.82) is 0 Å². The zero-order chi connectivity index (χ0) is 21.0. The Morgan fingerprint density at radius 1 is 0.933 bits per heavy atom. The molecule has 1 aromatic carbocycles. The lowest BCUT2D eigenvalue weighted by atomic mass is 10.1. The van der Waals surface area contributed by atoms with Crippen LogP contribution >= 0.6 is 0 Å². The third kappa shape index (κ3) is 6.48. The van der Waals surface area contributed by atoms with Crippen molar-refractivity contribution in [3.63, 3.8) is 0 Å². The second-order valence-corrected chi connectivity index (χ2v) is 8.01. The number of carbonyl (C=O) groups is 1. The van der Waals surface area contributed by atoms with Gasteiger partial charge in [-0.2, -0.15) is 0 Å². The fourth-order valence-electron chi connectivity index (χ4n) is 3.92. The first-order chi connectivity index (χ1) is 14.8. The van der Waals surface area contributed by atoms with Crippen molar-refractivity contribution in [2.75, 3.05) is 0 Å². The van der Waals surface area contributed by atoms with Crippen molar-refractivity contribution < 1.29 is 9.21 Å². The minimum absolute atomic E-state index is 0.211. The minimum atomic E-state index is -0.211. The largest absolute Gasteiger partial charge is 0.459 e. The maximum atomic E-state index is 12.2. The number of nitrogens with zero attached hydrogens (tertiary/aromatic N) is 2. The Kier molecular flexibility index (Phi) is 9.01. The van der Waals surface area contributed by atoms with Gasteiger partial charge in [0.15, 0.2) is 5.76 Å².